The van der Waals surface area contributed by atoms with Gasteiger partial charge in [0.2, 0.25) is 0 Å². The summed E-state index contributed by atoms with van der Waals surface area (Å²) in [6, 6.07) is 5.81. The minimum atomic E-state index is -2.10. The fourth-order valence-electron chi connectivity index (χ4n) is 0.868. The zero-order valence-corrected chi connectivity index (χ0v) is 7.94. The molecule has 4 nitrogen and oxygen atoms in total. The third kappa shape index (κ3) is 2.49. The highest BCUT2D eigenvalue weighted by molar-refractivity contribution is 7.39. The first-order chi connectivity index (χ1) is 6.15. The lowest BCUT2D eigenvalue weighted by Crippen LogP contribution is -1.91. The molecule has 5 heteroatoms. The number of aromatic hydroxyl groups is 1. The predicted octanol–water partition coefficient (Wildman–Crippen LogP) is 1.77. The highest BCUT2D eigenvalue weighted by Gasteiger charge is 2.30. The van der Waals surface area contributed by atoms with E-state index in [4.69, 9.17) is 5.11 Å². The number of benzene rings is 1. The van der Waals surface area contributed by atoms with E-state index in [1.807, 2.05) is 0 Å². The van der Waals surface area contributed by atoms with Crippen LogP contribution in [-0.4, -0.2) is 17.3 Å². The van der Waals surface area contributed by atoms with Crippen LogP contribution in [0.5, 0.6) is 5.75 Å². The first-order valence-corrected chi connectivity index (χ1v) is 4.87. The van der Waals surface area contributed by atoms with Crippen LogP contribution in [-0.2, 0) is 9.09 Å². The highest BCUT2D eigenvalue weighted by atomic mass is 31.1. The molecule has 0 aliphatic carbocycles. The van der Waals surface area contributed by atoms with Crippen LogP contribution in [0.4, 0.5) is 0 Å². The van der Waals surface area contributed by atoms with Crippen molar-refractivity contribution in [2.45, 2.75) is 5.85 Å². The van der Waals surface area contributed by atoms with E-state index in [9.17, 15) is 9.67 Å². The van der Waals surface area contributed by atoms with Gasteiger partial charge in [0.15, 0.2) is 0 Å². The SMILES string of the molecule is CO[P+](=O)C(O)c1ccc(O)cc1. The second-order valence-corrected chi connectivity index (χ2v) is 3.86. The Bertz CT molecular complexity index is 296. The second-order valence-electron chi connectivity index (χ2n) is 2.43. The molecule has 0 bridgehead atoms. The number of aliphatic hydroxyl groups excluding tert-OH is 1. The molecule has 0 aliphatic rings. The van der Waals surface area contributed by atoms with Crippen molar-refractivity contribution in [2.24, 2.45) is 0 Å². The Kier molecular flexibility index (Phi) is 3.37. The van der Waals surface area contributed by atoms with Crippen LogP contribution >= 0.6 is 8.03 Å². The first kappa shape index (κ1) is 10.1. The van der Waals surface area contributed by atoms with Gasteiger partial charge in [-0.2, -0.15) is 0 Å². The van der Waals surface area contributed by atoms with Crippen molar-refractivity contribution in [3.8, 4) is 5.75 Å². The summed E-state index contributed by atoms with van der Waals surface area (Å²) in [6.45, 7) is 0. The molecule has 0 saturated carbocycles. The molecule has 13 heavy (non-hydrogen) atoms. The predicted molar refractivity (Wildman–Crippen MR) is 47.7 cm³/mol. The summed E-state index contributed by atoms with van der Waals surface area (Å²) >= 11 is 0. The summed E-state index contributed by atoms with van der Waals surface area (Å²) in [4.78, 5) is 0. The third-order valence-corrected chi connectivity index (χ3v) is 2.63. The van der Waals surface area contributed by atoms with Crippen LogP contribution in [0.3, 0.4) is 0 Å². The summed E-state index contributed by atoms with van der Waals surface area (Å²) in [7, 11) is -0.835. The van der Waals surface area contributed by atoms with Crippen LogP contribution in [0.15, 0.2) is 24.3 Å². The van der Waals surface area contributed by atoms with Crippen molar-refractivity contribution < 1.29 is 19.3 Å². The van der Waals surface area contributed by atoms with E-state index >= 15 is 0 Å². The Morgan fingerprint density at radius 2 is 1.92 bits per heavy atom. The number of phenols is 1. The Labute approximate surface area is 76.7 Å². The third-order valence-electron chi connectivity index (χ3n) is 1.57. The molecule has 0 amide bonds. The minimum Gasteiger partial charge on any atom is -0.508 e. The largest absolute Gasteiger partial charge is 0.545 e. The first-order valence-electron chi connectivity index (χ1n) is 3.62. The summed E-state index contributed by atoms with van der Waals surface area (Å²) in [5.41, 5.74) is 0.459. The van der Waals surface area contributed by atoms with Crippen molar-refractivity contribution >= 4 is 8.03 Å². The van der Waals surface area contributed by atoms with Crippen LogP contribution in [0.2, 0.25) is 0 Å². The summed E-state index contributed by atoms with van der Waals surface area (Å²) in [5.74, 6) is -1.04. The van der Waals surface area contributed by atoms with Gasteiger partial charge >= 0.3 is 13.9 Å². The molecule has 0 saturated heterocycles. The molecule has 1 aromatic rings. The van der Waals surface area contributed by atoms with Crippen molar-refractivity contribution in [2.75, 3.05) is 7.11 Å². The van der Waals surface area contributed by atoms with Crippen LogP contribution < -0.4 is 0 Å². The average Bonchev–Trinajstić information content (AvgIpc) is 2.17. The molecule has 0 aliphatic heterocycles. The maximum Gasteiger partial charge on any atom is 0.545 e. The standard InChI is InChI=1S/C8H9O4P/c1-12-13(11)8(10)6-2-4-7(9)5-3-6/h2-5,8,10H,1H3/p+1. The monoisotopic (exact) mass is 201 g/mol. The zero-order valence-electron chi connectivity index (χ0n) is 7.04. The molecule has 2 unspecified atom stereocenters. The summed E-state index contributed by atoms with van der Waals surface area (Å²) in [6.07, 6.45) is 0. The molecule has 0 radical (unpaired) electrons. The maximum atomic E-state index is 11.0. The molecule has 0 fully saturated rings. The molecule has 1 aromatic carbocycles. The molecule has 1 rings (SSSR count). The topological polar surface area (TPSA) is 66.8 Å². The normalized spacial score (nSPS) is 13.8. The molecule has 70 valence electrons. The Balaban J connectivity index is 2.83. The van der Waals surface area contributed by atoms with E-state index in [-0.39, 0.29) is 5.75 Å². The van der Waals surface area contributed by atoms with E-state index in [0.29, 0.717) is 5.56 Å². The van der Waals surface area contributed by atoms with Gasteiger partial charge in [-0.3, -0.25) is 0 Å². The maximum absolute atomic E-state index is 11.0. The fourth-order valence-corrected chi connectivity index (χ4v) is 1.48. The Hall–Kier alpha value is -0.960. The second kappa shape index (κ2) is 4.33. The van der Waals surface area contributed by atoms with E-state index in [2.05, 4.69) is 4.52 Å². The van der Waals surface area contributed by atoms with Gasteiger partial charge < -0.3 is 10.2 Å². The lowest BCUT2D eigenvalue weighted by molar-refractivity contribution is 0.234. The molecule has 0 spiro atoms. The van der Waals surface area contributed by atoms with Gasteiger partial charge in [-0.15, -0.1) is 4.52 Å². The molecule has 2 atom stereocenters. The lowest BCUT2D eigenvalue weighted by atomic mass is 10.2. The quantitative estimate of drug-likeness (QED) is 0.731. The molecule has 0 heterocycles. The van der Waals surface area contributed by atoms with Gasteiger partial charge in [0.25, 0.3) is 0 Å². The van der Waals surface area contributed by atoms with Crippen LogP contribution in [0.1, 0.15) is 11.4 Å². The van der Waals surface area contributed by atoms with Gasteiger partial charge in [-0.05, 0) is 28.8 Å². The van der Waals surface area contributed by atoms with Crippen LogP contribution in [0.25, 0.3) is 0 Å². The van der Waals surface area contributed by atoms with Gasteiger partial charge in [-0.1, -0.05) is 0 Å². The number of hydrogen-bond donors (Lipinski definition) is 2. The molecular weight excluding hydrogens is 191 g/mol. The number of phenolic OH excluding ortho intramolecular Hbond substituents is 1. The van der Waals surface area contributed by atoms with E-state index < -0.39 is 13.9 Å². The summed E-state index contributed by atoms with van der Waals surface area (Å²) < 4.78 is 15.5. The molecule has 0 aromatic heterocycles. The highest BCUT2D eigenvalue weighted by Crippen LogP contribution is 2.38. The van der Waals surface area contributed by atoms with Crippen molar-refractivity contribution in [3.63, 3.8) is 0 Å². The van der Waals surface area contributed by atoms with Crippen molar-refractivity contribution in [3.05, 3.63) is 29.8 Å². The van der Waals surface area contributed by atoms with Gasteiger partial charge in [-0.25, -0.2) is 0 Å². The van der Waals surface area contributed by atoms with Crippen LogP contribution in [0, 0.1) is 0 Å². The Morgan fingerprint density at radius 3 is 2.38 bits per heavy atom. The minimum absolute atomic E-state index is 0.101. The average molecular weight is 201 g/mol. The number of hydrogen-bond acceptors (Lipinski definition) is 4. The van der Waals surface area contributed by atoms with Crippen molar-refractivity contribution in [1.82, 2.24) is 0 Å². The van der Waals surface area contributed by atoms with Gasteiger partial charge in [0.05, 0.1) is 7.11 Å². The van der Waals surface area contributed by atoms with Crippen molar-refractivity contribution in [1.29, 1.82) is 0 Å². The number of rotatable bonds is 3. The fraction of sp³-hybridized carbons (Fsp3) is 0.250. The van der Waals surface area contributed by atoms with E-state index in [1.165, 1.54) is 31.4 Å². The number of aliphatic hydroxyl groups is 1. The lowest BCUT2D eigenvalue weighted by Gasteiger charge is -1.98. The molecule has 2 N–H and O–H groups in total. The zero-order chi connectivity index (χ0) is 9.84. The van der Waals surface area contributed by atoms with Gasteiger partial charge in [0, 0.05) is 5.56 Å². The summed E-state index contributed by atoms with van der Waals surface area (Å²) in [5, 5.41) is 18.3. The van der Waals surface area contributed by atoms with E-state index in [0.717, 1.165) is 0 Å². The smallest absolute Gasteiger partial charge is 0.508 e. The van der Waals surface area contributed by atoms with Gasteiger partial charge in [0.1, 0.15) is 5.75 Å². The molecular formula is C8H10O4P+. The van der Waals surface area contributed by atoms with E-state index in [1.54, 1.807) is 0 Å². The Morgan fingerprint density at radius 1 is 1.38 bits per heavy atom.